The summed E-state index contributed by atoms with van der Waals surface area (Å²) in [6, 6.07) is 2.92. The van der Waals surface area contributed by atoms with E-state index < -0.39 is 9.84 Å². The van der Waals surface area contributed by atoms with E-state index in [0.717, 1.165) is 24.7 Å². The van der Waals surface area contributed by atoms with Gasteiger partial charge in [-0.1, -0.05) is 19.4 Å². The minimum atomic E-state index is -3.33. The first-order valence-corrected chi connectivity index (χ1v) is 9.16. The van der Waals surface area contributed by atoms with E-state index in [9.17, 15) is 13.2 Å². The van der Waals surface area contributed by atoms with E-state index in [0.29, 0.717) is 5.56 Å². The van der Waals surface area contributed by atoms with Crippen LogP contribution in [-0.2, 0) is 16.9 Å². The zero-order valence-corrected chi connectivity index (χ0v) is 14.2. The number of amides is 1. The molecule has 124 valence electrons. The van der Waals surface area contributed by atoms with Crippen molar-refractivity contribution in [3.63, 3.8) is 0 Å². The summed E-state index contributed by atoms with van der Waals surface area (Å²) >= 11 is 0. The normalized spacial score (nSPS) is 12.8. The number of nitrogens with one attached hydrogen (secondary N) is 1. The quantitative estimate of drug-likeness (QED) is 0.862. The van der Waals surface area contributed by atoms with Crippen molar-refractivity contribution in [1.82, 2.24) is 20.1 Å². The molecule has 2 rings (SSSR count). The number of rotatable bonds is 6. The Hall–Kier alpha value is -2.22. The maximum Gasteiger partial charge on any atom is 0.254 e. The lowest BCUT2D eigenvalue weighted by Gasteiger charge is -2.18. The third-order valence-electron chi connectivity index (χ3n) is 3.39. The predicted octanol–water partition coefficient (Wildman–Crippen LogP) is 1.49. The Balaban J connectivity index is 2.19. The molecule has 1 N–H and O–H groups in total. The molecule has 8 heteroatoms. The van der Waals surface area contributed by atoms with Crippen molar-refractivity contribution in [3.05, 3.63) is 41.9 Å². The van der Waals surface area contributed by atoms with Gasteiger partial charge in [-0.2, -0.15) is 5.10 Å². The number of aryl methyl sites for hydroxylation is 1. The molecule has 0 aromatic carbocycles. The van der Waals surface area contributed by atoms with E-state index in [4.69, 9.17) is 0 Å². The van der Waals surface area contributed by atoms with E-state index in [1.807, 2.05) is 6.92 Å². The van der Waals surface area contributed by atoms with Crippen LogP contribution in [0.2, 0.25) is 0 Å². The second kappa shape index (κ2) is 6.91. The van der Waals surface area contributed by atoms with Crippen LogP contribution in [0.3, 0.4) is 0 Å². The first-order valence-electron chi connectivity index (χ1n) is 7.26. The molecule has 0 saturated carbocycles. The van der Waals surface area contributed by atoms with Crippen molar-refractivity contribution in [2.45, 2.75) is 30.8 Å². The first-order chi connectivity index (χ1) is 10.8. The minimum Gasteiger partial charge on any atom is -0.345 e. The van der Waals surface area contributed by atoms with Crippen molar-refractivity contribution in [2.75, 3.05) is 6.26 Å². The van der Waals surface area contributed by atoms with Gasteiger partial charge in [0.05, 0.1) is 17.8 Å². The van der Waals surface area contributed by atoms with Gasteiger partial charge in [-0.05, 0) is 18.1 Å². The van der Waals surface area contributed by atoms with Gasteiger partial charge in [0.2, 0.25) is 0 Å². The Bertz CT molecular complexity index is 781. The number of pyridine rings is 1. The molecule has 2 aromatic heterocycles. The standard InChI is InChI=1S/C15H20N4O3S/c1-4-5-13(18-15(20)12-9-17-19(2)10-12)11-6-7-14(16-8-11)23(3,21)22/h6-10,13H,4-5H2,1-3H3,(H,18,20). The number of carbonyl (C=O) groups excluding carboxylic acids is 1. The Morgan fingerprint density at radius 2 is 2.09 bits per heavy atom. The van der Waals surface area contributed by atoms with Crippen molar-refractivity contribution in [2.24, 2.45) is 7.05 Å². The van der Waals surface area contributed by atoms with E-state index in [2.05, 4.69) is 15.4 Å². The lowest BCUT2D eigenvalue weighted by atomic mass is 10.0. The maximum atomic E-state index is 12.3. The molecule has 0 radical (unpaired) electrons. The molecule has 2 aromatic rings. The van der Waals surface area contributed by atoms with Crippen molar-refractivity contribution < 1.29 is 13.2 Å². The summed E-state index contributed by atoms with van der Waals surface area (Å²) in [5.41, 5.74) is 1.26. The average Bonchev–Trinajstić information content (AvgIpc) is 2.93. The van der Waals surface area contributed by atoms with Gasteiger partial charge in [-0.15, -0.1) is 0 Å². The second-order valence-electron chi connectivity index (χ2n) is 5.42. The molecule has 2 heterocycles. The van der Waals surface area contributed by atoms with Gasteiger partial charge < -0.3 is 5.32 Å². The van der Waals surface area contributed by atoms with Crippen LogP contribution in [-0.4, -0.2) is 35.3 Å². The number of hydrogen-bond acceptors (Lipinski definition) is 5. The molecule has 0 aliphatic rings. The fourth-order valence-electron chi connectivity index (χ4n) is 2.21. The summed E-state index contributed by atoms with van der Waals surface area (Å²) in [4.78, 5) is 16.2. The summed E-state index contributed by atoms with van der Waals surface area (Å²) in [6.45, 7) is 2.02. The van der Waals surface area contributed by atoms with Crippen molar-refractivity contribution in [3.8, 4) is 0 Å². The summed E-state index contributed by atoms with van der Waals surface area (Å²) in [6.07, 6.45) is 7.35. The zero-order chi connectivity index (χ0) is 17.0. The highest BCUT2D eigenvalue weighted by atomic mass is 32.2. The lowest BCUT2D eigenvalue weighted by molar-refractivity contribution is 0.0934. The lowest BCUT2D eigenvalue weighted by Crippen LogP contribution is -2.28. The van der Waals surface area contributed by atoms with E-state index in [1.54, 1.807) is 24.0 Å². The first kappa shape index (κ1) is 17.1. The van der Waals surface area contributed by atoms with Crippen molar-refractivity contribution in [1.29, 1.82) is 0 Å². The van der Waals surface area contributed by atoms with Crippen LogP contribution < -0.4 is 5.32 Å². The summed E-state index contributed by atoms with van der Waals surface area (Å²) < 4.78 is 24.5. The Morgan fingerprint density at radius 1 is 1.35 bits per heavy atom. The zero-order valence-electron chi connectivity index (χ0n) is 13.4. The predicted molar refractivity (Wildman–Crippen MR) is 85.7 cm³/mol. The third kappa shape index (κ3) is 4.38. The van der Waals surface area contributed by atoms with E-state index in [1.165, 1.54) is 18.5 Å². The van der Waals surface area contributed by atoms with Crippen LogP contribution >= 0.6 is 0 Å². The fraction of sp³-hybridized carbons (Fsp3) is 0.400. The topological polar surface area (TPSA) is 94.0 Å². The molecule has 23 heavy (non-hydrogen) atoms. The van der Waals surface area contributed by atoms with Crippen LogP contribution in [0, 0.1) is 0 Å². The Labute approximate surface area is 135 Å². The number of aromatic nitrogens is 3. The molecule has 0 aliphatic carbocycles. The molecule has 1 unspecified atom stereocenters. The van der Waals surface area contributed by atoms with Crippen molar-refractivity contribution >= 4 is 15.7 Å². The largest absolute Gasteiger partial charge is 0.345 e. The Kier molecular flexibility index (Phi) is 5.15. The summed E-state index contributed by atoms with van der Waals surface area (Å²) in [5, 5.41) is 6.94. The monoisotopic (exact) mass is 336 g/mol. The van der Waals surface area contributed by atoms with Gasteiger partial charge in [-0.25, -0.2) is 13.4 Å². The fourth-order valence-corrected chi connectivity index (χ4v) is 2.77. The van der Waals surface area contributed by atoms with Gasteiger partial charge in [0.25, 0.3) is 5.91 Å². The molecule has 0 aliphatic heterocycles. The summed E-state index contributed by atoms with van der Waals surface area (Å²) in [7, 11) is -1.59. The number of carbonyl (C=O) groups is 1. The van der Waals surface area contributed by atoms with E-state index in [-0.39, 0.29) is 17.0 Å². The molecular weight excluding hydrogens is 316 g/mol. The number of hydrogen-bond donors (Lipinski definition) is 1. The minimum absolute atomic E-state index is 0.0232. The van der Waals surface area contributed by atoms with Crippen LogP contribution in [0.25, 0.3) is 0 Å². The number of nitrogens with zero attached hydrogens (tertiary/aromatic N) is 3. The second-order valence-corrected chi connectivity index (χ2v) is 7.38. The molecule has 0 saturated heterocycles. The molecular formula is C15H20N4O3S. The van der Waals surface area contributed by atoms with Crippen LogP contribution in [0.1, 0.15) is 41.7 Å². The van der Waals surface area contributed by atoms with Crippen LogP contribution in [0.4, 0.5) is 0 Å². The molecule has 0 bridgehead atoms. The molecule has 1 amide bonds. The smallest absolute Gasteiger partial charge is 0.254 e. The van der Waals surface area contributed by atoms with Gasteiger partial charge in [0, 0.05) is 25.7 Å². The van der Waals surface area contributed by atoms with Crippen LogP contribution in [0.15, 0.2) is 35.7 Å². The van der Waals surface area contributed by atoms with Gasteiger partial charge in [0.1, 0.15) is 0 Å². The van der Waals surface area contributed by atoms with E-state index >= 15 is 0 Å². The SMILES string of the molecule is CCCC(NC(=O)c1cnn(C)c1)c1ccc(S(C)(=O)=O)nc1. The van der Waals surface area contributed by atoms with Gasteiger partial charge in [-0.3, -0.25) is 9.48 Å². The van der Waals surface area contributed by atoms with Gasteiger partial charge in [0.15, 0.2) is 14.9 Å². The van der Waals surface area contributed by atoms with Gasteiger partial charge >= 0.3 is 0 Å². The molecule has 0 spiro atoms. The third-order valence-corrected chi connectivity index (χ3v) is 4.39. The number of sulfone groups is 1. The van der Waals surface area contributed by atoms with Crippen LogP contribution in [0.5, 0.6) is 0 Å². The Morgan fingerprint density at radius 3 is 2.57 bits per heavy atom. The molecule has 7 nitrogen and oxygen atoms in total. The highest BCUT2D eigenvalue weighted by Crippen LogP contribution is 2.19. The summed E-state index contributed by atoms with van der Waals surface area (Å²) in [5.74, 6) is -0.219. The average molecular weight is 336 g/mol. The maximum absolute atomic E-state index is 12.3. The molecule has 1 atom stereocenters. The highest BCUT2D eigenvalue weighted by Gasteiger charge is 2.17. The highest BCUT2D eigenvalue weighted by molar-refractivity contribution is 7.90. The molecule has 0 fully saturated rings.